The first-order chi connectivity index (χ1) is 7.99. The lowest BCUT2D eigenvalue weighted by molar-refractivity contribution is -0.151. The average molecular weight is 302 g/mol. The molecule has 0 aromatic carbocycles. The number of piperidine rings is 1. The number of nitrogens with zero attached hydrogens (tertiary/aromatic N) is 1. The number of hydrogen-bond donors (Lipinski definition) is 1. The Morgan fingerprint density at radius 1 is 1.65 bits per heavy atom. The maximum absolute atomic E-state index is 11.2. The fourth-order valence-corrected chi connectivity index (χ4v) is 2.65. The van der Waals surface area contributed by atoms with E-state index in [-0.39, 0.29) is 0 Å². The zero-order valence-corrected chi connectivity index (χ0v) is 11.4. The van der Waals surface area contributed by atoms with Gasteiger partial charge in [-0.1, -0.05) is 0 Å². The number of aliphatic carboxylic acids is 1. The third-order valence-corrected chi connectivity index (χ3v) is 3.73. The van der Waals surface area contributed by atoms with Gasteiger partial charge in [-0.2, -0.15) is 0 Å². The maximum atomic E-state index is 11.2. The summed E-state index contributed by atoms with van der Waals surface area (Å²) < 4.78 is 6.16. The Morgan fingerprint density at radius 3 is 3.00 bits per heavy atom. The average Bonchev–Trinajstić information content (AvgIpc) is 2.64. The van der Waals surface area contributed by atoms with Crippen molar-refractivity contribution in [1.29, 1.82) is 0 Å². The van der Waals surface area contributed by atoms with Crippen LogP contribution in [0.2, 0.25) is 0 Å². The van der Waals surface area contributed by atoms with Crippen LogP contribution in [0.1, 0.15) is 25.5 Å². The molecule has 0 aliphatic carbocycles. The molecule has 4 nitrogen and oxygen atoms in total. The SMILES string of the molecule is CC1(C(=O)O)CCCN(Cc2ccc(Br)o2)C1. The number of furan rings is 1. The number of likely N-dealkylation sites (tertiary alicyclic amines) is 1. The summed E-state index contributed by atoms with van der Waals surface area (Å²) in [6.07, 6.45) is 1.67. The lowest BCUT2D eigenvalue weighted by Crippen LogP contribution is -2.45. The molecular formula is C12H16BrNO3. The Hall–Kier alpha value is -0.810. The van der Waals surface area contributed by atoms with E-state index >= 15 is 0 Å². The summed E-state index contributed by atoms with van der Waals surface area (Å²) in [5.74, 6) is 0.161. The van der Waals surface area contributed by atoms with Crippen molar-refractivity contribution in [3.05, 3.63) is 22.6 Å². The fraction of sp³-hybridized carbons (Fsp3) is 0.583. The number of carboxylic acids is 1. The Labute approximate surface area is 109 Å². The summed E-state index contributed by atoms with van der Waals surface area (Å²) in [4.78, 5) is 13.4. The lowest BCUT2D eigenvalue weighted by atomic mass is 9.82. The maximum Gasteiger partial charge on any atom is 0.310 e. The van der Waals surface area contributed by atoms with Crippen molar-refractivity contribution < 1.29 is 14.3 Å². The van der Waals surface area contributed by atoms with Gasteiger partial charge >= 0.3 is 5.97 Å². The zero-order valence-electron chi connectivity index (χ0n) is 9.78. The molecular weight excluding hydrogens is 286 g/mol. The number of halogens is 1. The van der Waals surface area contributed by atoms with Crippen LogP contribution in [0.15, 0.2) is 21.2 Å². The minimum absolute atomic E-state index is 0.584. The molecule has 0 radical (unpaired) electrons. The van der Waals surface area contributed by atoms with Gasteiger partial charge in [-0.25, -0.2) is 0 Å². The van der Waals surface area contributed by atoms with Gasteiger partial charge in [-0.05, 0) is 54.4 Å². The molecule has 1 fully saturated rings. The Bertz CT molecular complexity index is 418. The van der Waals surface area contributed by atoms with Gasteiger partial charge in [0.25, 0.3) is 0 Å². The molecule has 2 heterocycles. The van der Waals surface area contributed by atoms with E-state index in [1.54, 1.807) is 0 Å². The number of rotatable bonds is 3. The monoisotopic (exact) mass is 301 g/mol. The van der Waals surface area contributed by atoms with Crippen molar-refractivity contribution in [1.82, 2.24) is 4.90 Å². The number of carbonyl (C=O) groups is 1. The van der Waals surface area contributed by atoms with Crippen molar-refractivity contribution in [3.8, 4) is 0 Å². The van der Waals surface area contributed by atoms with Crippen LogP contribution in [0.5, 0.6) is 0 Å². The Kier molecular flexibility index (Phi) is 3.58. The van der Waals surface area contributed by atoms with Crippen LogP contribution in [-0.4, -0.2) is 29.1 Å². The number of hydrogen-bond acceptors (Lipinski definition) is 3. The van der Waals surface area contributed by atoms with Gasteiger partial charge in [-0.15, -0.1) is 0 Å². The van der Waals surface area contributed by atoms with Gasteiger partial charge in [0, 0.05) is 6.54 Å². The molecule has 1 saturated heterocycles. The molecule has 1 N–H and O–H groups in total. The molecule has 2 rings (SSSR count). The van der Waals surface area contributed by atoms with E-state index < -0.39 is 11.4 Å². The van der Waals surface area contributed by atoms with Crippen LogP contribution in [0.4, 0.5) is 0 Å². The van der Waals surface area contributed by atoms with Gasteiger partial charge in [0.15, 0.2) is 4.67 Å². The highest BCUT2D eigenvalue weighted by Gasteiger charge is 2.37. The largest absolute Gasteiger partial charge is 0.481 e. The Morgan fingerprint density at radius 2 is 2.41 bits per heavy atom. The Balaban J connectivity index is 2.00. The summed E-state index contributed by atoms with van der Waals surface area (Å²) in [7, 11) is 0. The molecule has 1 unspecified atom stereocenters. The van der Waals surface area contributed by atoms with Crippen LogP contribution in [0.3, 0.4) is 0 Å². The van der Waals surface area contributed by atoms with Gasteiger partial charge in [0.2, 0.25) is 0 Å². The van der Waals surface area contributed by atoms with Crippen LogP contribution < -0.4 is 0 Å². The predicted octanol–water partition coefficient (Wildman–Crippen LogP) is 2.73. The van der Waals surface area contributed by atoms with E-state index in [9.17, 15) is 9.90 Å². The normalized spacial score (nSPS) is 26.0. The van der Waals surface area contributed by atoms with Gasteiger partial charge < -0.3 is 9.52 Å². The van der Waals surface area contributed by atoms with E-state index in [0.29, 0.717) is 17.8 Å². The van der Waals surface area contributed by atoms with E-state index in [0.717, 1.165) is 25.1 Å². The second-order valence-electron chi connectivity index (χ2n) is 4.89. The molecule has 1 aromatic rings. The molecule has 1 aliphatic rings. The van der Waals surface area contributed by atoms with E-state index in [2.05, 4.69) is 20.8 Å². The summed E-state index contributed by atoms with van der Waals surface area (Å²) in [5, 5.41) is 9.23. The molecule has 1 atom stereocenters. The van der Waals surface area contributed by atoms with Crippen LogP contribution in [0.25, 0.3) is 0 Å². The fourth-order valence-electron chi connectivity index (χ4n) is 2.31. The predicted molar refractivity (Wildman–Crippen MR) is 66.7 cm³/mol. The van der Waals surface area contributed by atoms with Crippen molar-refractivity contribution in [3.63, 3.8) is 0 Å². The molecule has 5 heteroatoms. The van der Waals surface area contributed by atoms with E-state index in [1.165, 1.54) is 0 Å². The first kappa shape index (κ1) is 12.6. The highest BCUT2D eigenvalue weighted by atomic mass is 79.9. The first-order valence-electron chi connectivity index (χ1n) is 5.69. The minimum Gasteiger partial charge on any atom is -0.481 e. The van der Waals surface area contributed by atoms with Crippen molar-refractivity contribution in [2.24, 2.45) is 5.41 Å². The molecule has 1 aromatic heterocycles. The molecule has 0 bridgehead atoms. The zero-order chi connectivity index (χ0) is 12.5. The topological polar surface area (TPSA) is 53.7 Å². The third kappa shape index (κ3) is 2.90. The summed E-state index contributed by atoms with van der Waals surface area (Å²) in [6.45, 7) is 4.01. The first-order valence-corrected chi connectivity index (χ1v) is 6.49. The van der Waals surface area contributed by atoms with Crippen LogP contribution in [0, 0.1) is 5.41 Å². The third-order valence-electron chi connectivity index (χ3n) is 3.30. The lowest BCUT2D eigenvalue weighted by Gasteiger charge is -2.37. The van der Waals surface area contributed by atoms with Crippen LogP contribution >= 0.6 is 15.9 Å². The molecule has 0 saturated carbocycles. The summed E-state index contributed by atoms with van der Waals surface area (Å²) in [6, 6.07) is 3.77. The molecule has 0 amide bonds. The quantitative estimate of drug-likeness (QED) is 0.933. The smallest absolute Gasteiger partial charge is 0.310 e. The summed E-state index contributed by atoms with van der Waals surface area (Å²) >= 11 is 3.26. The molecule has 1 aliphatic heterocycles. The highest BCUT2D eigenvalue weighted by Crippen LogP contribution is 2.30. The van der Waals surface area contributed by atoms with Crippen molar-refractivity contribution >= 4 is 21.9 Å². The van der Waals surface area contributed by atoms with E-state index in [1.807, 2.05) is 19.1 Å². The van der Waals surface area contributed by atoms with E-state index in [4.69, 9.17) is 4.42 Å². The second-order valence-corrected chi connectivity index (χ2v) is 5.67. The van der Waals surface area contributed by atoms with Crippen molar-refractivity contribution in [2.75, 3.05) is 13.1 Å². The summed E-state index contributed by atoms with van der Waals surface area (Å²) in [5.41, 5.74) is -0.623. The van der Waals surface area contributed by atoms with Gasteiger partial charge in [-0.3, -0.25) is 9.69 Å². The van der Waals surface area contributed by atoms with Crippen LogP contribution in [-0.2, 0) is 11.3 Å². The standard InChI is InChI=1S/C12H16BrNO3/c1-12(11(15)16)5-2-6-14(8-12)7-9-3-4-10(13)17-9/h3-4H,2,5-8H2,1H3,(H,15,16). The molecule has 0 spiro atoms. The number of carboxylic acid groups (broad SMARTS) is 1. The van der Waals surface area contributed by atoms with Gasteiger partial charge in [0.1, 0.15) is 5.76 Å². The van der Waals surface area contributed by atoms with Crippen molar-refractivity contribution in [2.45, 2.75) is 26.3 Å². The van der Waals surface area contributed by atoms with Gasteiger partial charge in [0.05, 0.1) is 12.0 Å². The minimum atomic E-state index is -0.706. The molecule has 17 heavy (non-hydrogen) atoms. The highest BCUT2D eigenvalue weighted by molar-refractivity contribution is 9.10. The molecule has 94 valence electrons. The second kappa shape index (κ2) is 4.82.